The molecule has 1 aromatic heterocycles. The summed E-state index contributed by atoms with van der Waals surface area (Å²) in [6, 6.07) is 1.97. The van der Waals surface area contributed by atoms with Gasteiger partial charge in [-0.1, -0.05) is 11.6 Å². The van der Waals surface area contributed by atoms with Gasteiger partial charge in [-0.2, -0.15) is 0 Å². The lowest BCUT2D eigenvalue weighted by Crippen LogP contribution is -2.34. The molecule has 0 unspecified atom stereocenters. The minimum atomic E-state index is -0.263. The number of halogens is 1. The van der Waals surface area contributed by atoms with E-state index < -0.39 is 0 Å². The van der Waals surface area contributed by atoms with Crippen LogP contribution in [0.3, 0.4) is 0 Å². The van der Waals surface area contributed by atoms with Crippen molar-refractivity contribution in [3.8, 4) is 0 Å². The smallest absolute Gasteiger partial charge is 0.325 e. The van der Waals surface area contributed by atoms with Gasteiger partial charge in [0, 0.05) is 12.2 Å². The molecule has 1 aromatic rings. The third-order valence-electron chi connectivity index (χ3n) is 2.73. The number of carbonyl (C=O) groups excluding carboxylic acids is 1. The average Bonchev–Trinajstić information content (AvgIpc) is 3.11. The number of pyridine rings is 1. The predicted molar refractivity (Wildman–Crippen MR) is 70.7 cm³/mol. The molecule has 5 nitrogen and oxygen atoms in total. The molecule has 0 atom stereocenters. The van der Waals surface area contributed by atoms with Crippen LogP contribution in [-0.4, -0.2) is 30.1 Å². The van der Waals surface area contributed by atoms with Crippen molar-refractivity contribution in [1.29, 1.82) is 0 Å². The van der Waals surface area contributed by atoms with Crippen molar-refractivity contribution in [1.82, 2.24) is 4.98 Å². The first kappa shape index (κ1) is 13.0. The molecule has 0 aromatic carbocycles. The molecule has 18 heavy (non-hydrogen) atoms. The van der Waals surface area contributed by atoms with Gasteiger partial charge < -0.3 is 15.4 Å². The first-order chi connectivity index (χ1) is 8.61. The maximum absolute atomic E-state index is 11.6. The summed E-state index contributed by atoms with van der Waals surface area (Å²) in [4.78, 5) is 17.7. The molecule has 2 rings (SSSR count). The van der Waals surface area contributed by atoms with Gasteiger partial charge in [-0.05, 0) is 25.8 Å². The van der Waals surface area contributed by atoms with Gasteiger partial charge in [0.25, 0.3) is 0 Å². The fourth-order valence-corrected chi connectivity index (χ4v) is 1.96. The SMILES string of the molecule is CCOC(=O)CN(c1ncc(Cl)cc1N)C1CC1. The van der Waals surface area contributed by atoms with E-state index in [1.54, 1.807) is 13.0 Å². The van der Waals surface area contributed by atoms with Crippen molar-refractivity contribution in [3.63, 3.8) is 0 Å². The van der Waals surface area contributed by atoms with E-state index in [1.165, 1.54) is 6.20 Å². The molecule has 2 N–H and O–H groups in total. The molecule has 0 amide bonds. The molecule has 98 valence electrons. The molecule has 0 aliphatic heterocycles. The highest BCUT2D eigenvalue weighted by Crippen LogP contribution is 2.34. The molecule has 0 bridgehead atoms. The van der Waals surface area contributed by atoms with E-state index in [4.69, 9.17) is 22.1 Å². The van der Waals surface area contributed by atoms with Crippen LogP contribution in [-0.2, 0) is 9.53 Å². The van der Waals surface area contributed by atoms with E-state index >= 15 is 0 Å². The van der Waals surface area contributed by atoms with Gasteiger partial charge >= 0.3 is 5.97 Å². The van der Waals surface area contributed by atoms with Crippen molar-refractivity contribution in [2.75, 3.05) is 23.8 Å². The number of nitrogens with two attached hydrogens (primary N) is 1. The molecule has 1 aliphatic carbocycles. The van der Waals surface area contributed by atoms with Gasteiger partial charge in [-0.3, -0.25) is 4.79 Å². The Balaban J connectivity index is 2.16. The first-order valence-electron chi connectivity index (χ1n) is 5.95. The number of aromatic nitrogens is 1. The number of nitrogens with zero attached hydrogens (tertiary/aromatic N) is 2. The van der Waals surface area contributed by atoms with E-state index in [2.05, 4.69) is 4.98 Å². The number of esters is 1. The highest BCUT2D eigenvalue weighted by Gasteiger charge is 2.32. The van der Waals surface area contributed by atoms with E-state index in [1.807, 2.05) is 4.90 Å². The minimum absolute atomic E-state index is 0.178. The quantitative estimate of drug-likeness (QED) is 0.826. The number of hydrogen-bond acceptors (Lipinski definition) is 5. The summed E-state index contributed by atoms with van der Waals surface area (Å²) < 4.78 is 4.96. The van der Waals surface area contributed by atoms with Crippen LogP contribution in [0, 0.1) is 0 Å². The van der Waals surface area contributed by atoms with Crippen LogP contribution in [0.4, 0.5) is 11.5 Å². The van der Waals surface area contributed by atoms with Gasteiger partial charge in [-0.25, -0.2) is 4.98 Å². The molecule has 6 heteroatoms. The van der Waals surface area contributed by atoms with Crippen LogP contribution < -0.4 is 10.6 Å². The van der Waals surface area contributed by atoms with E-state index in [-0.39, 0.29) is 12.5 Å². The first-order valence-corrected chi connectivity index (χ1v) is 6.33. The molecule has 0 spiro atoms. The van der Waals surface area contributed by atoms with Crippen LogP contribution in [0.2, 0.25) is 5.02 Å². The summed E-state index contributed by atoms with van der Waals surface area (Å²) in [6.07, 6.45) is 3.63. The van der Waals surface area contributed by atoms with Gasteiger partial charge in [0.1, 0.15) is 6.54 Å². The molecule has 1 heterocycles. The molecular formula is C12H16ClN3O2. The largest absolute Gasteiger partial charge is 0.465 e. The van der Waals surface area contributed by atoms with Crippen LogP contribution in [0.15, 0.2) is 12.3 Å². The standard InChI is InChI=1S/C12H16ClN3O2/c1-2-18-11(17)7-16(9-3-4-9)12-10(14)5-8(13)6-15-12/h5-6,9H,2-4,7,14H2,1H3. The van der Waals surface area contributed by atoms with Crippen molar-refractivity contribution in [2.45, 2.75) is 25.8 Å². The highest BCUT2D eigenvalue weighted by atomic mass is 35.5. The van der Waals surface area contributed by atoms with Gasteiger partial charge in [0.05, 0.1) is 17.3 Å². The second-order valence-electron chi connectivity index (χ2n) is 4.23. The fraction of sp³-hybridized carbons (Fsp3) is 0.500. The summed E-state index contributed by atoms with van der Waals surface area (Å²) >= 11 is 5.82. The third kappa shape index (κ3) is 3.04. The molecule has 1 saturated carbocycles. The summed E-state index contributed by atoms with van der Waals surface area (Å²) in [5.41, 5.74) is 6.38. The Kier molecular flexibility index (Phi) is 3.91. The molecular weight excluding hydrogens is 254 g/mol. The number of hydrogen-bond donors (Lipinski definition) is 1. The fourth-order valence-electron chi connectivity index (χ4n) is 1.80. The zero-order chi connectivity index (χ0) is 13.1. The van der Waals surface area contributed by atoms with Gasteiger partial charge in [0.15, 0.2) is 5.82 Å². The van der Waals surface area contributed by atoms with Crippen molar-refractivity contribution in [3.05, 3.63) is 17.3 Å². The van der Waals surface area contributed by atoms with Gasteiger partial charge in [-0.15, -0.1) is 0 Å². The average molecular weight is 270 g/mol. The van der Waals surface area contributed by atoms with Crippen molar-refractivity contribution in [2.24, 2.45) is 0 Å². The van der Waals surface area contributed by atoms with E-state index in [0.29, 0.717) is 29.2 Å². The zero-order valence-electron chi connectivity index (χ0n) is 10.2. The maximum atomic E-state index is 11.6. The monoisotopic (exact) mass is 269 g/mol. The van der Waals surface area contributed by atoms with Crippen LogP contribution in [0.25, 0.3) is 0 Å². The second kappa shape index (κ2) is 5.44. The minimum Gasteiger partial charge on any atom is -0.465 e. The van der Waals surface area contributed by atoms with Gasteiger partial charge in [0.2, 0.25) is 0 Å². The highest BCUT2D eigenvalue weighted by molar-refractivity contribution is 6.30. The molecule has 0 radical (unpaired) electrons. The second-order valence-corrected chi connectivity index (χ2v) is 4.67. The number of ether oxygens (including phenoxy) is 1. The Morgan fingerprint density at radius 2 is 2.39 bits per heavy atom. The zero-order valence-corrected chi connectivity index (χ0v) is 11.0. The number of anilines is 2. The third-order valence-corrected chi connectivity index (χ3v) is 2.93. The molecule has 0 saturated heterocycles. The maximum Gasteiger partial charge on any atom is 0.325 e. The Bertz CT molecular complexity index is 449. The topological polar surface area (TPSA) is 68.5 Å². The Morgan fingerprint density at radius 3 is 2.94 bits per heavy atom. The summed E-state index contributed by atoms with van der Waals surface area (Å²) in [5, 5.41) is 0.489. The lowest BCUT2D eigenvalue weighted by Gasteiger charge is -2.23. The summed E-state index contributed by atoms with van der Waals surface area (Å²) in [6.45, 7) is 2.34. The van der Waals surface area contributed by atoms with E-state index in [0.717, 1.165) is 12.8 Å². The lowest BCUT2D eigenvalue weighted by molar-refractivity contribution is -0.141. The van der Waals surface area contributed by atoms with Crippen LogP contribution >= 0.6 is 11.6 Å². The van der Waals surface area contributed by atoms with Crippen molar-refractivity contribution >= 4 is 29.1 Å². The predicted octanol–water partition coefficient (Wildman–Crippen LogP) is 1.85. The Hall–Kier alpha value is -1.49. The van der Waals surface area contributed by atoms with Crippen LogP contribution in [0.1, 0.15) is 19.8 Å². The number of carbonyl (C=O) groups is 1. The summed E-state index contributed by atoms with van der Waals surface area (Å²) in [7, 11) is 0. The molecule has 1 aliphatic rings. The van der Waals surface area contributed by atoms with Crippen LogP contribution in [0.5, 0.6) is 0 Å². The summed E-state index contributed by atoms with van der Waals surface area (Å²) in [5.74, 6) is 0.343. The molecule has 1 fully saturated rings. The Morgan fingerprint density at radius 1 is 1.67 bits per heavy atom. The number of nitrogen functional groups attached to an aromatic ring is 1. The van der Waals surface area contributed by atoms with Crippen molar-refractivity contribution < 1.29 is 9.53 Å². The Labute approximate surface area is 111 Å². The lowest BCUT2D eigenvalue weighted by atomic mass is 10.3. The number of rotatable bonds is 5. The van der Waals surface area contributed by atoms with E-state index in [9.17, 15) is 4.79 Å². The normalized spacial score (nSPS) is 14.3.